The number of rotatable bonds is 8. The molecule has 1 aromatic carbocycles. The monoisotopic (exact) mass is 411 g/mol. The smallest absolute Gasteiger partial charge is 0.270 e. The molecule has 0 aliphatic carbocycles. The van der Waals surface area contributed by atoms with Crippen LogP contribution in [0.15, 0.2) is 28.7 Å². The van der Waals surface area contributed by atoms with E-state index in [-0.39, 0.29) is 12.3 Å². The lowest BCUT2D eigenvalue weighted by Gasteiger charge is -2.25. The molecule has 0 fully saturated rings. The number of carbonyl (C=O) groups excluding carboxylic acids is 3. The van der Waals surface area contributed by atoms with Gasteiger partial charge in [-0.2, -0.15) is 0 Å². The van der Waals surface area contributed by atoms with Crippen molar-refractivity contribution in [1.82, 2.24) is 10.9 Å². The second kappa shape index (κ2) is 10.2. The van der Waals surface area contributed by atoms with Gasteiger partial charge in [0.2, 0.25) is 5.91 Å². The molecule has 0 unspecified atom stereocenters. The minimum atomic E-state index is -1.14. The maximum atomic E-state index is 12.0. The summed E-state index contributed by atoms with van der Waals surface area (Å²) in [5.41, 5.74) is 5.05. The average molecular weight is 412 g/mol. The largest absolute Gasteiger partial charge is 0.550 e. The van der Waals surface area contributed by atoms with Crippen LogP contribution in [-0.4, -0.2) is 17.8 Å². The fourth-order valence-corrected chi connectivity index (χ4v) is 2.94. The van der Waals surface area contributed by atoms with Crippen molar-refractivity contribution in [1.29, 1.82) is 0 Å². The molecule has 0 aromatic heterocycles. The Morgan fingerprint density at radius 2 is 1.72 bits per heavy atom. The molecule has 6 nitrogen and oxygen atoms in total. The van der Waals surface area contributed by atoms with Gasteiger partial charge in [0.05, 0.1) is 5.56 Å². The van der Waals surface area contributed by atoms with Crippen molar-refractivity contribution >= 4 is 33.7 Å². The maximum absolute atomic E-state index is 12.0. The van der Waals surface area contributed by atoms with E-state index >= 15 is 0 Å². The van der Waals surface area contributed by atoms with Gasteiger partial charge in [0.15, 0.2) is 0 Å². The Bertz CT molecular complexity index is 619. The van der Waals surface area contributed by atoms with Crippen LogP contribution in [0.3, 0.4) is 0 Å². The van der Waals surface area contributed by atoms with Gasteiger partial charge in [-0.3, -0.25) is 20.4 Å². The number of benzene rings is 1. The third kappa shape index (κ3) is 7.25. The van der Waals surface area contributed by atoms with Crippen LogP contribution in [0.2, 0.25) is 0 Å². The molecular weight excluding hydrogens is 388 g/mol. The molecule has 138 valence electrons. The van der Waals surface area contributed by atoms with E-state index < -0.39 is 23.7 Å². The van der Waals surface area contributed by atoms with Gasteiger partial charge < -0.3 is 9.90 Å². The van der Waals surface area contributed by atoms with Crippen molar-refractivity contribution < 1.29 is 19.5 Å². The van der Waals surface area contributed by atoms with E-state index in [4.69, 9.17) is 0 Å². The van der Waals surface area contributed by atoms with Gasteiger partial charge in [-0.1, -0.05) is 39.3 Å². The zero-order valence-electron chi connectivity index (χ0n) is 14.7. The molecule has 0 radical (unpaired) electrons. The third-order valence-electron chi connectivity index (χ3n) is 3.99. The number of hydrogen-bond donors (Lipinski definition) is 2. The zero-order chi connectivity index (χ0) is 19.0. The first kappa shape index (κ1) is 21.2. The van der Waals surface area contributed by atoms with Crippen molar-refractivity contribution in [3.8, 4) is 0 Å². The molecule has 2 amide bonds. The van der Waals surface area contributed by atoms with E-state index in [0.717, 1.165) is 6.42 Å². The Morgan fingerprint density at radius 1 is 1.08 bits per heavy atom. The summed E-state index contributed by atoms with van der Waals surface area (Å²) in [5.74, 6) is -2.73. The van der Waals surface area contributed by atoms with E-state index in [1.54, 1.807) is 31.2 Å². The molecule has 1 rings (SSSR count). The molecule has 0 aliphatic heterocycles. The zero-order valence-corrected chi connectivity index (χ0v) is 16.3. The maximum Gasteiger partial charge on any atom is 0.270 e. The summed E-state index contributed by atoms with van der Waals surface area (Å²) in [7, 11) is 0. The summed E-state index contributed by atoms with van der Waals surface area (Å²) >= 11 is 3.26. The predicted molar refractivity (Wildman–Crippen MR) is 96.1 cm³/mol. The third-order valence-corrected chi connectivity index (χ3v) is 4.68. The van der Waals surface area contributed by atoms with Crippen molar-refractivity contribution in [3.63, 3.8) is 0 Å². The number of carboxylic acids is 1. The predicted octanol–water partition coefficient (Wildman–Crippen LogP) is 2.04. The Hall–Kier alpha value is -1.89. The first-order valence-corrected chi connectivity index (χ1v) is 9.06. The van der Waals surface area contributed by atoms with Crippen molar-refractivity contribution in [2.75, 3.05) is 0 Å². The SMILES string of the molecule is CC(C)CC[C@@H](C(=O)[O-])[C@@H](C)CC(=O)NNC(=O)c1ccccc1Br. The van der Waals surface area contributed by atoms with Gasteiger partial charge in [0.1, 0.15) is 0 Å². The highest BCUT2D eigenvalue weighted by atomic mass is 79.9. The first-order chi connectivity index (χ1) is 11.7. The van der Waals surface area contributed by atoms with Crippen LogP contribution < -0.4 is 16.0 Å². The van der Waals surface area contributed by atoms with Crippen LogP contribution in [0.1, 0.15) is 50.4 Å². The van der Waals surface area contributed by atoms with Gasteiger partial charge in [0, 0.05) is 22.8 Å². The summed E-state index contributed by atoms with van der Waals surface area (Å²) in [6.07, 6.45) is 1.22. The number of amides is 2. The summed E-state index contributed by atoms with van der Waals surface area (Å²) in [6.45, 7) is 5.73. The first-order valence-electron chi connectivity index (χ1n) is 8.27. The van der Waals surface area contributed by atoms with Crippen LogP contribution in [0, 0.1) is 17.8 Å². The van der Waals surface area contributed by atoms with E-state index in [2.05, 4.69) is 26.8 Å². The number of carbonyl (C=O) groups is 3. The molecule has 1 aromatic rings. The number of hydrazine groups is 1. The minimum absolute atomic E-state index is 0.00696. The molecule has 25 heavy (non-hydrogen) atoms. The Morgan fingerprint density at radius 3 is 2.28 bits per heavy atom. The second-order valence-corrected chi connectivity index (χ2v) is 7.41. The van der Waals surface area contributed by atoms with Crippen molar-refractivity contribution in [3.05, 3.63) is 34.3 Å². The van der Waals surface area contributed by atoms with Crippen LogP contribution in [0.25, 0.3) is 0 Å². The number of halogens is 1. The molecule has 0 saturated heterocycles. The van der Waals surface area contributed by atoms with Gasteiger partial charge in [-0.05, 0) is 46.3 Å². The van der Waals surface area contributed by atoms with Gasteiger partial charge in [0.25, 0.3) is 5.91 Å². The highest BCUT2D eigenvalue weighted by Gasteiger charge is 2.22. The molecule has 2 N–H and O–H groups in total. The summed E-state index contributed by atoms with van der Waals surface area (Å²) in [6, 6.07) is 6.82. The van der Waals surface area contributed by atoms with Gasteiger partial charge in [-0.15, -0.1) is 0 Å². The Kier molecular flexibility index (Phi) is 8.61. The number of carboxylic acid groups (broad SMARTS) is 1. The Balaban J connectivity index is 2.53. The van der Waals surface area contributed by atoms with Gasteiger partial charge in [-0.25, -0.2) is 0 Å². The van der Waals surface area contributed by atoms with Crippen LogP contribution in [0.4, 0.5) is 0 Å². The minimum Gasteiger partial charge on any atom is -0.550 e. The summed E-state index contributed by atoms with van der Waals surface area (Å²) < 4.78 is 0.612. The van der Waals surface area contributed by atoms with E-state index in [0.29, 0.717) is 22.4 Å². The molecule has 7 heteroatoms. The van der Waals surface area contributed by atoms with Crippen LogP contribution >= 0.6 is 15.9 Å². The fraction of sp³-hybridized carbons (Fsp3) is 0.500. The second-order valence-electron chi connectivity index (χ2n) is 6.56. The highest BCUT2D eigenvalue weighted by Crippen LogP contribution is 2.22. The average Bonchev–Trinajstić information content (AvgIpc) is 2.52. The lowest BCUT2D eigenvalue weighted by Crippen LogP contribution is -2.43. The Labute approximate surface area is 156 Å². The number of hydrogen-bond acceptors (Lipinski definition) is 4. The lowest BCUT2D eigenvalue weighted by atomic mass is 9.85. The van der Waals surface area contributed by atoms with Crippen LogP contribution in [0.5, 0.6) is 0 Å². The van der Waals surface area contributed by atoms with Gasteiger partial charge >= 0.3 is 0 Å². The van der Waals surface area contributed by atoms with Crippen molar-refractivity contribution in [2.24, 2.45) is 17.8 Å². The highest BCUT2D eigenvalue weighted by molar-refractivity contribution is 9.10. The molecule has 0 aliphatic rings. The standard InChI is InChI=1S/C18H25BrN2O4/c1-11(2)8-9-13(18(24)25)12(3)10-16(22)20-21-17(23)14-6-4-5-7-15(14)19/h4-7,11-13H,8-10H2,1-3H3,(H,20,22)(H,21,23)(H,24,25)/p-1/t12-,13+/m0/s1. The quantitative estimate of drug-likeness (QED) is 0.639. The lowest BCUT2D eigenvalue weighted by molar-refractivity contribution is -0.313. The van der Waals surface area contributed by atoms with E-state index in [1.165, 1.54) is 0 Å². The molecule has 0 bridgehead atoms. The van der Waals surface area contributed by atoms with E-state index in [1.807, 2.05) is 13.8 Å². The summed E-state index contributed by atoms with van der Waals surface area (Å²) in [4.78, 5) is 35.3. The molecule has 0 heterocycles. The van der Waals surface area contributed by atoms with E-state index in [9.17, 15) is 19.5 Å². The summed E-state index contributed by atoms with van der Waals surface area (Å²) in [5, 5.41) is 11.3. The molecule has 2 atom stereocenters. The fourth-order valence-electron chi connectivity index (χ4n) is 2.47. The number of aliphatic carboxylic acids is 1. The molecular formula is C18H24BrN2O4-. The van der Waals surface area contributed by atoms with Crippen LogP contribution in [-0.2, 0) is 9.59 Å². The topological polar surface area (TPSA) is 98.3 Å². The number of nitrogens with one attached hydrogen (secondary N) is 2. The van der Waals surface area contributed by atoms with Crippen molar-refractivity contribution in [2.45, 2.75) is 40.0 Å². The molecule has 0 saturated carbocycles. The normalized spacial score (nSPS) is 13.2. The molecule has 0 spiro atoms.